The normalized spacial score (nSPS) is 38.2. The second-order valence-electron chi connectivity index (χ2n) is 11.6. The van der Waals surface area contributed by atoms with Crippen LogP contribution in [0.15, 0.2) is 41.5 Å². The Labute approximate surface area is 258 Å². The van der Waals surface area contributed by atoms with Gasteiger partial charge < -0.3 is 35.0 Å². The molecule has 1 heterocycles. The Morgan fingerprint density at radius 2 is 1.82 bits per heavy atom. The first-order valence-corrected chi connectivity index (χ1v) is 12.8. The van der Waals surface area contributed by atoms with E-state index in [0.29, 0.717) is 11.1 Å². The van der Waals surface area contributed by atoms with Crippen LogP contribution in [-0.2, 0) is 14.3 Å². The number of ether oxygens (including phenoxy) is 2. The number of benzene rings is 1. The van der Waals surface area contributed by atoms with Crippen molar-refractivity contribution in [2.45, 2.75) is 83.1 Å². The molecule has 3 fully saturated rings. The van der Waals surface area contributed by atoms with Crippen LogP contribution in [0.4, 0.5) is 0 Å². The number of Topliss-reactive ketones (excluding diaryl/α,β-unsaturated/α-hetero) is 1. The number of aliphatic hydroxyl groups is 5. The molecule has 207 valence electrons. The molecule has 0 spiro atoms. The van der Waals surface area contributed by atoms with Crippen molar-refractivity contribution in [2.24, 2.45) is 16.7 Å². The van der Waals surface area contributed by atoms with Crippen molar-refractivity contribution in [3.63, 3.8) is 0 Å². The first-order chi connectivity index (χ1) is 17.3. The summed E-state index contributed by atoms with van der Waals surface area (Å²) in [6, 6.07) is 8.36. The number of esters is 1. The van der Waals surface area contributed by atoms with Gasteiger partial charge in [-0.05, 0) is 49.0 Å². The zero-order chi connectivity index (χ0) is 27.3. The summed E-state index contributed by atoms with van der Waals surface area (Å²) >= 11 is 0. The minimum Gasteiger partial charge on any atom is -0.458 e. The van der Waals surface area contributed by atoms with Crippen molar-refractivity contribution in [1.82, 2.24) is 0 Å². The Balaban J connectivity index is 0.00000400. The Morgan fingerprint density at radius 1 is 1.18 bits per heavy atom. The van der Waals surface area contributed by atoms with Crippen LogP contribution in [0, 0.1) is 60.8 Å². The number of ketones is 1. The minimum atomic E-state index is -1.68. The van der Waals surface area contributed by atoms with Gasteiger partial charge in [-0.2, -0.15) is 0 Å². The van der Waals surface area contributed by atoms with Gasteiger partial charge in [0, 0.05) is 69.4 Å². The number of hydrogen-bond acceptors (Lipinski definition) is 9. The van der Waals surface area contributed by atoms with E-state index in [1.54, 1.807) is 51.1 Å². The number of fused-ring (bicyclic) bond motifs is 3. The van der Waals surface area contributed by atoms with Crippen LogP contribution in [0.3, 0.4) is 0 Å². The van der Waals surface area contributed by atoms with Gasteiger partial charge in [0.2, 0.25) is 0 Å². The van der Waals surface area contributed by atoms with Gasteiger partial charge >= 0.3 is 5.97 Å². The molecule has 0 amide bonds. The molecule has 1 aromatic carbocycles. The van der Waals surface area contributed by atoms with Gasteiger partial charge in [-0.25, -0.2) is 4.79 Å². The Morgan fingerprint density at radius 3 is 2.37 bits per heavy atom. The van der Waals surface area contributed by atoms with Crippen molar-refractivity contribution in [1.29, 1.82) is 0 Å². The summed E-state index contributed by atoms with van der Waals surface area (Å²) < 4.78 is 11.6. The van der Waals surface area contributed by atoms with Gasteiger partial charge in [0.25, 0.3) is 0 Å². The van der Waals surface area contributed by atoms with E-state index < -0.39 is 64.6 Å². The van der Waals surface area contributed by atoms with Crippen molar-refractivity contribution >= 4 is 11.8 Å². The fourth-order valence-electron chi connectivity index (χ4n) is 6.82. The van der Waals surface area contributed by atoms with E-state index in [9.17, 15) is 35.1 Å². The molecule has 10 heteroatoms. The van der Waals surface area contributed by atoms with Crippen molar-refractivity contribution in [3.8, 4) is 0 Å². The monoisotopic (exact) mass is 745 g/mol. The molecule has 1 aliphatic heterocycles. The van der Waals surface area contributed by atoms with Gasteiger partial charge in [-0.1, -0.05) is 32.0 Å². The van der Waals surface area contributed by atoms with Gasteiger partial charge in [0.1, 0.15) is 17.8 Å². The van der Waals surface area contributed by atoms with Crippen molar-refractivity contribution in [3.05, 3.63) is 47.0 Å². The van der Waals surface area contributed by atoms with Gasteiger partial charge in [-0.3, -0.25) is 4.79 Å². The van der Waals surface area contributed by atoms with Crippen LogP contribution in [0.5, 0.6) is 0 Å². The Bertz CT molecular complexity index is 1070. The summed E-state index contributed by atoms with van der Waals surface area (Å²) in [5, 5.41) is 54.5. The average Bonchev–Trinajstić information content (AvgIpc) is 2.84. The third kappa shape index (κ3) is 5.21. The van der Waals surface area contributed by atoms with Crippen LogP contribution in [0.2, 0.25) is 0 Å². The number of hydrogen-bond donors (Lipinski definition) is 5. The van der Waals surface area contributed by atoms with Crippen molar-refractivity contribution < 1.29 is 88.7 Å². The average molecular weight is 746 g/mol. The molecule has 1 saturated heterocycles. The van der Waals surface area contributed by atoms with Crippen molar-refractivity contribution in [2.75, 3.05) is 13.2 Å². The molecule has 5 N–H and O–H groups in total. The first-order valence-electron chi connectivity index (χ1n) is 12.8. The molecule has 8 atom stereocenters. The fourth-order valence-corrected chi connectivity index (χ4v) is 6.82. The number of rotatable bonds is 5. The molecule has 0 bridgehead atoms. The zero-order valence-corrected chi connectivity index (χ0v) is 27.1. The maximum Gasteiger partial charge on any atom is 0.338 e. The maximum absolute atomic E-state index is 14.1. The van der Waals surface area contributed by atoms with E-state index >= 15 is 0 Å². The topological polar surface area (TPSA) is 154 Å². The summed E-state index contributed by atoms with van der Waals surface area (Å²) in [7, 11) is 0. The molecule has 38 heavy (non-hydrogen) atoms. The third-order valence-corrected chi connectivity index (χ3v) is 8.85. The molecular weight excluding hydrogens is 707 g/mol. The van der Waals surface area contributed by atoms with Gasteiger partial charge in [0.15, 0.2) is 5.78 Å². The van der Waals surface area contributed by atoms with Crippen LogP contribution in [0.1, 0.15) is 57.3 Å². The molecule has 1 aromatic rings. The SMILES string of the molecule is C/C(=C1\C(O)C(=O)[C@]2(C)C(O)CC3OCC3(O)C2C(OC(=O)c2ccccc2)CC1(C)C)C(O)CCO.[Ac]. The van der Waals surface area contributed by atoms with Crippen LogP contribution < -0.4 is 0 Å². The fraction of sp³-hybridized carbons (Fsp3) is 0.643. The predicted octanol–water partition coefficient (Wildman–Crippen LogP) is 1.15. The standard InChI is InChI=1S/C28H38O9.Ac/c1-15(17(30)10-11-29)21-22(32)24(33)27(4)19(31)12-20-28(35,14-36-20)23(27)18(13-26(21,2)3)37-25(34)16-8-6-5-7-9-16;/h5-9,17-20,22-23,29-32,35H,10-14H2,1-4H3;/b21-15-;/t17?,18?,19?,20?,22?,23?,27-,28?;/m1./s1. The smallest absolute Gasteiger partial charge is 0.338 e. The van der Waals surface area contributed by atoms with Crippen LogP contribution in [-0.4, -0.2) is 86.6 Å². The molecule has 2 saturated carbocycles. The molecule has 1 radical (unpaired) electrons. The predicted molar refractivity (Wildman–Crippen MR) is 132 cm³/mol. The van der Waals surface area contributed by atoms with E-state index in [-0.39, 0.29) is 82.1 Å². The van der Waals surface area contributed by atoms with E-state index in [4.69, 9.17) is 9.47 Å². The maximum atomic E-state index is 14.1. The minimum absolute atomic E-state index is 0. The molecule has 9 nitrogen and oxygen atoms in total. The van der Waals surface area contributed by atoms with Gasteiger partial charge in [-0.15, -0.1) is 0 Å². The summed E-state index contributed by atoms with van der Waals surface area (Å²) in [5.74, 6) is -2.41. The summed E-state index contributed by atoms with van der Waals surface area (Å²) in [6.07, 6.45) is -5.76. The summed E-state index contributed by atoms with van der Waals surface area (Å²) in [4.78, 5) is 27.3. The van der Waals surface area contributed by atoms with Gasteiger partial charge in [0.05, 0.1) is 35.9 Å². The van der Waals surface area contributed by atoms with Crippen LogP contribution in [0.25, 0.3) is 0 Å². The molecule has 0 aromatic heterocycles. The molecule has 4 rings (SSSR count). The molecule has 3 aliphatic rings. The second kappa shape index (κ2) is 11.7. The third-order valence-electron chi connectivity index (χ3n) is 8.85. The summed E-state index contributed by atoms with van der Waals surface area (Å²) in [6.45, 7) is 6.27. The van der Waals surface area contributed by atoms with E-state index in [0.717, 1.165) is 0 Å². The summed E-state index contributed by atoms with van der Waals surface area (Å²) in [5.41, 5.74) is -3.31. The second-order valence-corrected chi connectivity index (χ2v) is 11.6. The molecular formula is C28H38AcO9. The number of carbonyl (C=O) groups excluding carboxylic acids is 2. The van der Waals surface area contributed by atoms with E-state index in [2.05, 4.69) is 0 Å². The Hall–Kier alpha value is -0.698. The number of aliphatic hydroxyl groups excluding tert-OH is 4. The van der Waals surface area contributed by atoms with Crippen LogP contribution >= 0.6 is 0 Å². The quantitative estimate of drug-likeness (QED) is 0.221. The van der Waals surface area contributed by atoms with E-state index in [1.165, 1.54) is 6.92 Å². The zero-order valence-electron chi connectivity index (χ0n) is 22.3. The molecule has 2 aliphatic carbocycles. The molecule has 7 unspecified atom stereocenters. The Kier molecular flexibility index (Phi) is 9.76. The number of carbonyl (C=O) groups is 2. The largest absolute Gasteiger partial charge is 0.458 e. The first kappa shape index (κ1) is 31.8. The van der Waals surface area contributed by atoms with E-state index in [1.807, 2.05) is 0 Å².